The van der Waals surface area contributed by atoms with Gasteiger partial charge in [-0.3, -0.25) is 4.79 Å². The van der Waals surface area contributed by atoms with Crippen molar-refractivity contribution in [2.24, 2.45) is 0 Å². The van der Waals surface area contributed by atoms with E-state index >= 15 is 0 Å². The van der Waals surface area contributed by atoms with Crippen LogP contribution in [-0.2, 0) is 4.74 Å². The number of hydrogen-bond donors (Lipinski definition) is 2. The summed E-state index contributed by atoms with van der Waals surface area (Å²) in [6.07, 6.45) is -0.876. The van der Waals surface area contributed by atoms with Crippen molar-refractivity contribution in [1.29, 1.82) is 0 Å². The van der Waals surface area contributed by atoms with Gasteiger partial charge in [-0.05, 0) is 57.0 Å². The number of methoxy groups -OCH3 is 1. The van der Waals surface area contributed by atoms with Crippen LogP contribution in [0, 0.1) is 6.92 Å². The van der Waals surface area contributed by atoms with Crippen LogP contribution in [0.15, 0.2) is 65.2 Å². The molecule has 2 aromatic heterocycles. The summed E-state index contributed by atoms with van der Waals surface area (Å²) in [6, 6.07) is 17.1. The van der Waals surface area contributed by atoms with Gasteiger partial charge in [-0.15, -0.1) is 0 Å². The lowest BCUT2D eigenvalue weighted by Gasteiger charge is -2.20. The molecular formula is C31H27ClN2O7. The Morgan fingerprint density at radius 2 is 1.63 bits per heavy atom. The van der Waals surface area contributed by atoms with Crippen molar-refractivity contribution < 1.29 is 33.8 Å². The Morgan fingerprint density at radius 1 is 0.976 bits per heavy atom. The second-order valence-electron chi connectivity index (χ2n) is 10.5. The summed E-state index contributed by atoms with van der Waals surface area (Å²) in [5.74, 6) is -0.988. The molecule has 9 nitrogen and oxygen atoms in total. The molecular weight excluding hydrogens is 548 g/mol. The summed E-state index contributed by atoms with van der Waals surface area (Å²) < 4.78 is 16.8. The van der Waals surface area contributed by atoms with Crippen molar-refractivity contribution >= 4 is 34.4 Å². The first-order valence-corrected chi connectivity index (χ1v) is 13.0. The first-order valence-electron chi connectivity index (χ1n) is 12.6. The van der Waals surface area contributed by atoms with Crippen LogP contribution in [0.1, 0.15) is 42.6 Å². The number of phenols is 1. The monoisotopic (exact) mass is 574 g/mol. The summed E-state index contributed by atoms with van der Waals surface area (Å²) in [5, 5.41) is 26.1. The van der Waals surface area contributed by atoms with Gasteiger partial charge in [0.1, 0.15) is 5.60 Å². The molecule has 5 aromatic rings. The molecule has 2 heterocycles. The number of fused-ring (bicyclic) bond motifs is 1. The molecule has 0 aliphatic carbocycles. The highest BCUT2D eigenvalue weighted by Gasteiger charge is 2.31. The van der Waals surface area contributed by atoms with E-state index in [9.17, 15) is 19.8 Å². The number of hydrogen-bond acceptors (Lipinski definition) is 8. The van der Waals surface area contributed by atoms with E-state index in [0.29, 0.717) is 28.1 Å². The minimum Gasteiger partial charge on any atom is -0.504 e. The summed E-state index contributed by atoms with van der Waals surface area (Å²) >= 11 is 6.71. The number of aromatic nitrogens is 2. The zero-order chi connectivity index (χ0) is 29.6. The van der Waals surface area contributed by atoms with E-state index in [4.69, 9.17) is 25.6 Å². The third-order valence-corrected chi connectivity index (χ3v) is 6.72. The van der Waals surface area contributed by atoms with Crippen LogP contribution < -0.4 is 4.74 Å². The number of ketones is 1. The summed E-state index contributed by atoms with van der Waals surface area (Å²) in [6.45, 7) is 6.74. The molecule has 0 aliphatic heterocycles. The number of carbonyl (C=O) groups is 2. The van der Waals surface area contributed by atoms with Crippen molar-refractivity contribution in [2.45, 2.75) is 33.3 Å². The van der Waals surface area contributed by atoms with Gasteiger partial charge in [0.15, 0.2) is 11.5 Å². The smallest absolute Gasteiger partial charge is 0.421 e. The quantitative estimate of drug-likeness (QED) is 0.209. The molecule has 0 aliphatic rings. The fourth-order valence-corrected chi connectivity index (χ4v) is 4.84. The number of aromatic hydroxyl groups is 2. The first kappa shape index (κ1) is 27.8. The minimum absolute atomic E-state index is 0.0203. The van der Waals surface area contributed by atoms with Crippen molar-refractivity contribution in [1.82, 2.24) is 9.72 Å². The Bertz CT molecular complexity index is 1810. The van der Waals surface area contributed by atoms with Gasteiger partial charge in [-0.2, -0.15) is 0 Å². The number of nitrogens with zero attached hydrogens (tertiary/aromatic N) is 2. The maximum atomic E-state index is 13.5. The lowest BCUT2D eigenvalue weighted by atomic mass is 9.97. The van der Waals surface area contributed by atoms with Crippen molar-refractivity contribution in [3.63, 3.8) is 0 Å². The fourth-order valence-electron chi connectivity index (χ4n) is 4.57. The highest BCUT2D eigenvalue weighted by molar-refractivity contribution is 6.34. The van der Waals surface area contributed by atoms with Gasteiger partial charge in [0.05, 0.1) is 28.9 Å². The molecule has 3 aromatic carbocycles. The van der Waals surface area contributed by atoms with Crippen LogP contribution in [-0.4, -0.2) is 44.5 Å². The molecule has 0 radical (unpaired) electrons. The zero-order valence-corrected chi connectivity index (χ0v) is 23.7. The molecule has 2 N–H and O–H groups in total. The average Bonchev–Trinajstić information content (AvgIpc) is 3.47. The van der Waals surface area contributed by atoms with E-state index in [-0.39, 0.29) is 33.0 Å². The number of aryl methyl sites for hydroxylation is 1. The van der Waals surface area contributed by atoms with Gasteiger partial charge in [-0.25, -0.2) is 9.36 Å². The Balaban J connectivity index is 1.67. The van der Waals surface area contributed by atoms with Crippen molar-refractivity contribution in [3.8, 4) is 39.6 Å². The lowest BCUT2D eigenvalue weighted by molar-refractivity contribution is 0.0533. The van der Waals surface area contributed by atoms with Crippen LogP contribution in [0.3, 0.4) is 0 Å². The number of rotatable bonds is 5. The molecule has 41 heavy (non-hydrogen) atoms. The number of carbonyl (C=O) groups excluding carboxylic acids is 2. The van der Waals surface area contributed by atoms with Crippen molar-refractivity contribution in [2.75, 3.05) is 7.11 Å². The molecule has 5 rings (SSSR count). The second-order valence-corrected chi connectivity index (χ2v) is 10.9. The molecule has 0 unspecified atom stereocenters. The predicted octanol–water partition coefficient (Wildman–Crippen LogP) is 7.36. The molecule has 0 amide bonds. The number of benzene rings is 3. The maximum Gasteiger partial charge on any atom is 0.421 e. The van der Waals surface area contributed by atoms with E-state index in [1.165, 1.54) is 19.2 Å². The first-order chi connectivity index (χ1) is 19.4. The average molecular weight is 575 g/mol. The fraction of sp³-hybridized carbons (Fsp3) is 0.194. The Kier molecular flexibility index (Phi) is 7.00. The zero-order valence-electron chi connectivity index (χ0n) is 23.0. The molecule has 0 saturated heterocycles. The van der Waals surface area contributed by atoms with Crippen molar-refractivity contribution in [3.05, 3.63) is 82.7 Å². The standard InChI is InChI=1S/C31H27ClN2O7/c1-16-13-25(41-33-16)28(36)26-21-14-20(22(32)15-23(21)34(29(26)37)30(38)40-31(2,3)4)18-11-9-17(10-12-18)19-7-6-8-24(39-5)27(19)35/h6-15,35,37H,1-5H3. The minimum atomic E-state index is -0.876. The van der Waals surface area contributed by atoms with E-state index < -0.39 is 23.4 Å². The van der Waals surface area contributed by atoms with Crippen LogP contribution in [0.5, 0.6) is 17.4 Å². The van der Waals surface area contributed by atoms with E-state index in [1.807, 2.05) is 24.3 Å². The van der Waals surface area contributed by atoms with E-state index in [2.05, 4.69) is 5.16 Å². The summed E-state index contributed by atoms with van der Waals surface area (Å²) in [5.41, 5.74) is 2.22. The Hall–Kier alpha value is -4.76. The highest BCUT2D eigenvalue weighted by atomic mass is 35.5. The van der Waals surface area contributed by atoms with Gasteiger partial charge >= 0.3 is 6.09 Å². The summed E-state index contributed by atoms with van der Waals surface area (Å²) in [7, 11) is 1.48. The molecule has 0 saturated carbocycles. The van der Waals surface area contributed by atoms with Crippen LogP contribution in [0.25, 0.3) is 33.2 Å². The molecule has 0 bridgehead atoms. The Labute approximate surface area is 240 Å². The van der Waals surface area contributed by atoms with Crippen LogP contribution in [0.2, 0.25) is 5.02 Å². The predicted molar refractivity (Wildman–Crippen MR) is 154 cm³/mol. The number of para-hydroxylation sites is 1. The second kappa shape index (κ2) is 10.3. The van der Waals surface area contributed by atoms with Gasteiger partial charge in [0.25, 0.3) is 0 Å². The SMILES string of the molecule is COc1cccc(-c2ccc(-c3cc4c(C(=O)c5cc(C)no5)c(O)n(C(=O)OC(C)(C)C)c4cc3Cl)cc2)c1O. The molecule has 0 spiro atoms. The molecule has 210 valence electrons. The topological polar surface area (TPSA) is 124 Å². The van der Waals surface area contributed by atoms with E-state index in [1.54, 1.807) is 52.0 Å². The number of halogens is 1. The van der Waals surface area contributed by atoms with E-state index in [0.717, 1.165) is 10.1 Å². The summed E-state index contributed by atoms with van der Waals surface area (Å²) in [4.78, 5) is 26.7. The van der Waals surface area contributed by atoms with Crippen LogP contribution >= 0.6 is 11.6 Å². The lowest BCUT2D eigenvalue weighted by Crippen LogP contribution is -2.27. The molecule has 10 heteroatoms. The van der Waals surface area contributed by atoms with Gasteiger partial charge in [0, 0.05) is 22.6 Å². The molecule has 0 atom stereocenters. The van der Waals surface area contributed by atoms with Crippen LogP contribution in [0.4, 0.5) is 4.79 Å². The third kappa shape index (κ3) is 5.12. The highest BCUT2D eigenvalue weighted by Crippen LogP contribution is 2.41. The van der Waals surface area contributed by atoms with Gasteiger partial charge in [-0.1, -0.05) is 53.2 Å². The number of phenolic OH excluding ortho intramolecular Hbond substituents is 1. The number of ether oxygens (including phenoxy) is 2. The normalized spacial score (nSPS) is 11.6. The van der Waals surface area contributed by atoms with Gasteiger partial charge in [0.2, 0.25) is 17.4 Å². The van der Waals surface area contributed by atoms with Gasteiger partial charge < -0.3 is 24.2 Å². The Morgan fingerprint density at radius 3 is 2.22 bits per heavy atom. The third-order valence-electron chi connectivity index (χ3n) is 6.41. The largest absolute Gasteiger partial charge is 0.504 e. The molecule has 0 fully saturated rings. The maximum absolute atomic E-state index is 13.5.